The van der Waals surface area contributed by atoms with E-state index in [1.54, 1.807) is 27.7 Å². The molecule has 0 spiro atoms. The quantitative estimate of drug-likeness (QED) is 0.313. The highest BCUT2D eigenvalue weighted by atomic mass is 16.5. The van der Waals surface area contributed by atoms with Gasteiger partial charge in [0.1, 0.15) is 14.0 Å². The fourth-order valence-electron chi connectivity index (χ4n) is 1.52. The number of aliphatic hydroxyl groups is 1. The van der Waals surface area contributed by atoms with Crippen molar-refractivity contribution in [2.45, 2.75) is 58.2 Å². The van der Waals surface area contributed by atoms with Gasteiger partial charge in [0.25, 0.3) is 0 Å². The Morgan fingerprint density at radius 2 is 1.86 bits per heavy atom. The average Bonchev–Trinajstić information content (AvgIpc) is 2.42. The predicted molar refractivity (Wildman–Crippen MR) is 81.7 cm³/mol. The van der Waals surface area contributed by atoms with E-state index in [9.17, 15) is 19.5 Å². The number of amides is 1. The maximum absolute atomic E-state index is 12.1. The Kier molecular flexibility index (Phi) is 8.01. The molecule has 0 saturated heterocycles. The second kappa shape index (κ2) is 8.68. The van der Waals surface area contributed by atoms with Gasteiger partial charge < -0.3 is 20.6 Å². The fraction of sp³-hybridized carbons (Fsp3) is 0.714. The van der Waals surface area contributed by atoms with Crippen molar-refractivity contribution >= 4 is 31.7 Å². The van der Waals surface area contributed by atoms with E-state index in [4.69, 9.17) is 18.0 Å². The number of hydrogen-bond acceptors (Lipinski definition) is 6. The van der Waals surface area contributed by atoms with Crippen LogP contribution in [0.1, 0.15) is 40.5 Å². The van der Waals surface area contributed by atoms with Crippen LogP contribution >= 0.6 is 0 Å². The smallest absolute Gasteiger partial charge is 0.322 e. The molecule has 0 aromatic carbocycles. The van der Waals surface area contributed by atoms with E-state index in [0.717, 1.165) is 0 Å². The van der Waals surface area contributed by atoms with Crippen LogP contribution in [0.15, 0.2) is 0 Å². The molecule has 0 heterocycles. The SMILES string of the molecule is [B]C(CCC(=O)C=N)(NC(=O)[C@@H](O)C(C)C)C(=O)OC(C)C. The van der Waals surface area contributed by atoms with Gasteiger partial charge in [0.2, 0.25) is 5.91 Å². The predicted octanol–water partition coefficient (Wildman–Crippen LogP) is -0.0652. The van der Waals surface area contributed by atoms with E-state index in [2.05, 4.69) is 5.32 Å². The number of rotatable bonds is 9. The monoisotopic (exact) mass is 310 g/mol. The first-order valence-corrected chi connectivity index (χ1v) is 7.06. The Morgan fingerprint density at radius 1 is 1.32 bits per heavy atom. The van der Waals surface area contributed by atoms with Gasteiger partial charge in [-0.15, -0.1) is 0 Å². The number of Topliss-reactive ketones (excluding diaryl/α,β-unsaturated/α-hetero) is 1. The first-order valence-electron chi connectivity index (χ1n) is 7.06. The molecule has 0 rings (SSSR count). The molecule has 22 heavy (non-hydrogen) atoms. The minimum Gasteiger partial charge on any atom is -0.462 e. The third-order valence-electron chi connectivity index (χ3n) is 2.88. The molecule has 0 aliphatic rings. The van der Waals surface area contributed by atoms with Crippen LogP contribution in [-0.4, -0.2) is 54.5 Å². The largest absolute Gasteiger partial charge is 0.462 e. The Labute approximate surface area is 131 Å². The molecule has 0 aromatic rings. The lowest BCUT2D eigenvalue weighted by Crippen LogP contribution is -2.59. The second-order valence-electron chi connectivity index (χ2n) is 5.71. The second-order valence-corrected chi connectivity index (χ2v) is 5.71. The van der Waals surface area contributed by atoms with Gasteiger partial charge in [-0.3, -0.25) is 14.4 Å². The molecule has 2 radical (unpaired) electrons. The number of carbonyl (C=O) groups excluding carboxylic acids is 3. The molecule has 3 N–H and O–H groups in total. The summed E-state index contributed by atoms with van der Waals surface area (Å²) in [5.74, 6) is -2.62. The van der Waals surface area contributed by atoms with Crippen molar-refractivity contribution in [2.24, 2.45) is 5.92 Å². The Bertz CT molecular complexity index is 439. The summed E-state index contributed by atoms with van der Waals surface area (Å²) in [6.45, 7) is 6.50. The minimum absolute atomic E-state index is 0.203. The molecule has 1 unspecified atom stereocenters. The molecular weight excluding hydrogens is 287 g/mol. The van der Waals surface area contributed by atoms with E-state index in [0.29, 0.717) is 6.21 Å². The molecule has 0 aliphatic heterocycles. The van der Waals surface area contributed by atoms with Crippen LogP contribution in [0.3, 0.4) is 0 Å². The summed E-state index contributed by atoms with van der Waals surface area (Å²) in [5.41, 5.74) is -1.93. The topological polar surface area (TPSA) is 117 Å². The normalized spacial score (nSPS) is 15.0. The molecule has 0 bridgehead atoms. The molecule has 7 nitrogen and oxygen atoms in total. The summed E-state index contributed by atoms with van der Waals surface area (Å²) in [6.07, 6.45) is -1.62. The Morgan fingerprint density at radius 3 is 2.27 bits per heavy atom. The Hall–Kier alpha value is -1.70. The number of carbonyl (C=O) groups is 3. The van der Waals surface area contributed by atoms with Gasteiger partial charge in [0, 0.05) is 6.42 Å². The van der Waals surface area contributed by atoms with Crippen LogP contribution in [0.25, 0.3) is 0 Å². The molecule has 0 aromatic heterocycles. The zero-order valence-electron chi connectivity index (χ0n) is 13.4. The average molecular weight is 310 g/mol. The van der Waals surface area contributed by atoms with Gasteiger partial charge in [-0.25, -0.2) is 0 Å². The highest BCUT2D eigenvalue weighted by molar-refractivity contribution is 6.30. The maximum atomic E-state index is 12.1. The number of nitrogens with one attached hydrogen (secondary N) is 2. The molecule has 0 saturated carbocycles. The summed E-state index contributed by atoms with van der Waals surface area (Å²) in [5, 5.41) is 18.8. The van der Waals surface area contributed by atoms with Crippen molar-refractivity contribution in [3.05, 3.63) is 0 Å². The fourth-order valence-corrected chi connectivity index (χ4v) is 1.52. The van der Waals surface area contributed by atoms with Crippen molar-refractivity contribution in [3.8, 4) is 0 Å². The van der Waals surface area contributed by atoms with Gasteiger partial charge in [-0.05, 0) is 26.2 Å². The number of esters is 1. The highest BCUT2D eigenvalue weighted by Gasteiger charge is 2.38. The molecule has 0 aliphatic carbocycles. The zero-order valence-corrected chi connectivity index (χ0v) is 13.4. The molecule has 122 valence electrons. The van der Waals surface area contributed by atoms with Crippen LogP contribution in [0, 0.1) is 11.3 Å². The lowest BCUT2D eigenvalue weighted by atomic mass is 9.73. The minimum atomic E-state index is -1.93. The zero-order chi connectivity index (χ0) is 17.5. The van der Waals surface area contributed by atoms with Gasteiger partial charge in [0.15, 0.2) is 5.78 Å². The molecular formula is C14H23BN2O5. The summed E-state index contributed by atoms with van der Waals surface area (Å²) >= 11 is 0. The van der Waals surface area contributed by atoms with Crippen molar-refractivity contribution in [2.75, 3.05) is 0 Å². The summed E-state index contributed by atoms with van der Waals surface area (Å²) < 4.78 is 4.99. The maximum Gasteiger partial charge on any atom is 0.322 e. The van der Waals surface area contributed by atoms with E-state index in [1.165, 1.54) is 0 Å². The van der Waals surface area contributed by atoms with Crippen LogP contribution in [0.5, 0.6) is 0 Å². The van der Waals surface area contributed by atoms with Gasteiger partial charge in [-0.1, -0.05) is 13.8 Å². The van der Waals surface area contributed by atoms with Gasteiger partial charge in [0.05, 0.1) is 17.8 Å². The van der Waals surface area contributed by atoms with Gasteiger partial charge in [-0.2, -0.15) is 0 Å². The highest BCUT2D eigenvalue weighted by Crippen LogP contribution is 2.14. The summed E-state index contributed by atoms with van der Waals surface area (Å²) in [6, 6.07) is 0. The lowest BCUT2D eigenvalue weighted by Gasteiger charge is -2.31. The molecule has 1 amide bonds. The van der Waals surface area contributed by atoms with E-state index in [-0.39, 0.29) is 18.8 Å². The molecule has 2 atom stereocenters. The van der Waals surface area contributed by atoms with Crippen molar-refractivity contribution in [3.63, 3.8) is 0 Å². The number of ether oxygens (including phenoxy) is 1. The summed E-state index contributed by atoms with van der Waals surface area (Å²) in [7, 11) is 5.89. The van der Waals surface area contributed by atoms with E-state index >= 15 is 0 Å². The van der Waals surface area contributed by atoms with Crippen molar-refractivity contribution in [1.29, 1.82) is 5.41 Å². The number of ketones is 1. The number of aliphatic hydroxyl groups excluding tert-OH is 1. The first kappa shape index (κ1) is 20.3. The van der Waals surface area contributed by atoms with Gasteiger partial charge >= 0.3 is 5.97 Å². The third-order valence-corrected chi connectivity index (χ3v) is 2.88. The lowest BCUT2D eigenvalue weighted by molar-refractivity contribution is -0.155. The van der Waals surface area contributed by atoms with Crippen molar-refractivity contribution < 1.29 is 24.2 Å². The van der Waals surface area contributed by atoms with E-state index in [1.807, 2.05) is 0 Å². The number of hydrogen-bond donors (Lipinski definition) is 3. The van der Waals surface area contributed by atoms with Crippen LogP contribution in [0.2, 0.25) is 0 Å². The van der Waals surface area contributed by atoms with Crippen LogP contribution < -0.4 is 5.32 Å². The van der Waals surface area contributed by atoms with Crippen LogP contribution in [-0.2, 0) is 19.1 Å². The Balaban J connectivity index is 5.14. The standard InChI is InChI=1S/C14H23BN2O5/c1-8(2)11(19)12(20)17-14(15,6-5-10(18)7-16)13(21)22-9(3)4/h7-9,11,16,19H,5-6H2,1-4H3,(H,17,20)/t11-,14?/m0/s1. The van der Waals surface area contributed by atoms with Crippen molar-refractivity contribution in [1.82, 2.24) is 5.32 Å². The first-order chi connectivity index (χ1) is 10.0. The third kappa shape index (κ3) is 6.38. The van der Waals surface area contributed by atoms with E-state index < -0.39 is 35.3 Å². The summed E-state index contributed by atoms with van der Waals surface area (Å²) in [4.78, 5) is 35.2. The molecule has 8 heteroatoms. The van der Waals surface area contributed by atoms with Crippen LogP contribution in [0.4, 0.5) is 0 Å². The molecule has 0 fully saturated rings.